The topological polar surface area (TPSA) is 34.8 Å². The Hall–Kier alpha value is -2.07. The lowest BCUT2D eigenvalue weighted by Crippen LogP contribution is -2.15. The summed E-state index contributed by atoms with van der Waals surface area (Å²) < 4.78 is 4.48. The summed E-state index contributed by atoms with van der Waals surface area (Å²) in [4.78, 5) is 4.10. The van der Waals surface area contributed by atoms with Gasteiger partial charge in [-0.05, 0) is 24.5 Å². The van der Waals surface area contributed by atoms with Crippen LogP contribution in [-0.2, 0) is 19.6 Å². The number of imidazole rings is 1. The molecule has 0 atom stereocenters. The van der Waals surface area contributed by atoms with Gasteiger partial charge in [0.15, 0.2) is 0 Å². The van der Waals surface area contributed by atoms with Crippen LogP contribution in [0.4, 0.5) is 0 Å². The van der Waals surface area contributed by atoms with Gasteiger partial charge in [0.05, 0.1) is 6.33 Å². The Kier molecular flexibility index (Phi) is 3.24. The molecule has 0 spiro atoms. The molecule has 4 heteroatoms. The summed E-state index contributed by atoms with van der Waals surface area (Å²) in [5, 5.41) is 4.99. The number of hydrogen-bond acceptors (Lipinski definition) is 2. The maximum Gasteiger partial charge on any atom is 0.0946 e. The van der Waals surface area contributed by atoms with Crippen LogP contribution in [0.5, 0.6) is 0 Å². The van der Waals surface area contributed by atoms with E-state index >= 15 is 0 Å². The van der Waals surface area contributed by atoms with Gasteiger partial charge in [-0.15, -0.1) is 0 Å². The van der Waals surface area contributed by atoms with Gasteiger partial charge in [0.2, 0.25) is 0 Å². The van der Waals surface area contributed by atoms with Crippen molar-refractivity contribution in [3.63, 3.8) is 0 Å². The zero-order chi connectivity index (χ0) is 14.1. The van der Waals surface area contributed by atoms with E-state index in [-0.39, 0.29) is 0 Å². The summed E-state index contributed by atoms with van der Waals surface area (Å²) in [6, 6.07) is 9.44. The van der Waals surface area contributed by atoms with Crippen molar-refractivity contribution in [1.29, 1.82) is 0 Å². The summed E-state index contributed by atoms with van der Waals surface area (Å²) in [6.45, 7) is 2.90. The standard InChI is InChI=1S/C17H20N4/c1-2-4-17-16(3-1)14(11-19-15-5-6-15)12-21(17)10-9-20-8-7-18-13-20/h1-4,7-8,12-13,15,19H,5-6,9-11H2. The lowest BCUT2D eigenvalue weighted by molar-refractivity contribution is 0.589. The number of aromatic nitrogens is 3. The van der Waals surface area contributed by atoms with Gasteiger partial charge in [0.25, 0.3) is 0 Å². The van der Waals surface area contributed by atoms with Gasteiger partial charge in [0.1, 0.15) is 0 Å². The maximum atomic E-state index is 4.10. The number of fused-ring (bicyclic) bond motifs is 1. The molecule has 1 aliphatic carbocycles. The predicted molar refractivity (Wildman–Crippen MR) is 84.0 cm³/mol. The minimum absolute atomic E-state index is 0.748. The Morgan fingerprint density at radius 3 is 2.90 bits per heavy atom. The van der Waals surface area contributed by atoms with Crippen LogP contribution in [0.3, 0.4) is 0 Å². The zero-order valence-corrected chi connectivity index (χ0v) is 12.1. The third-order valence-electron chi connectivity index (χ3n) is 4.19. The van der Waals surface area contributed by atoms with Gasteiger partial charge in [0, 0.05) is 55.2 Å². The van der Waals surface area contributed by atoms with E-state index in [4.69, 9.17) is 0 Å². The highest BCUT2D eigenvalue weighted by molar-refractivity contribution is 5.83. The van der Waals surface area contributed by atoms with Crippen molar-refractivity contribution in [2.45, 2.75) is 38.5 Å². The molecule has 2 aromatic heterocycles. The third-order valence-corrected chi connectivity index (χ3v) is 4.19. The van der Waals surface area contributed by atoms with Crippen LogP contribution in [-0.4, -0.2) is 20.2 Å². The SMILES string of the molecule is c1ccc2c(c1)c(CNC1CC1)cn2CCn1ccnc1. The molecule has 1 aromatic carbocycles. The Morgan fingerprint density at radius 1 is 1.19 bits per heavy atom. The molecule has 0 bridgehead atoms. The second-order valence-corrected chi connectivity index (χ2v) is 5.82. The van der Waals surface area contributed by atoms with Crippen LogP contribution in [0.1, 0.15) is 18.4 Å². The van der Waals surface area contributed by atoms with Crippen LogP contribution >= 0.6 is 0 Å². The van der Waals surface area contributed by atoms with Crippen molar-refractivity contribution in [1.82, 2.24) is 19.4 Å². The van der Waals surface area contributed by atoms with Crippen LogP contribution in [0.25, 0.3) is 10.9 Å². The van der Waals surface area contributed by atoms with Crippen molar-refractivity contribution >= 4 is 10.9 Å². The molecule has 1 saturated carbocycles. The monoisotopic (exact) mass is 280 g/mol. The average molecular weight is 280 g/mol. The molecular weight excluding hydrogens is 260 g/mol. The van der Waals surface area contributed by atoms with E-state index in [0.29, 0.717) is 0 Å². The molecule has 4 rings (SSSR count). The number of nitrogens with zero attached hydrogens (tertiary/aromatic N) is 3. The first kappa shape index (κ1) is 12.7. The van der Waals surface area contributed by atoms with E-state index in [0.717, 1.165) is 25.7 Å². The normalized spacial score (nSPS) is 14.9. The molecular formula is C17H20N4. The molecule has 1 fully saturated rings. The number of rotatable bonds is 6. The molecule has 0 amide bonds. The first-order valence-corrected chi connectivity index (χ1v) is 7.66. The molecule has 108 valence electrons. The molecule has 21 heavy (non-hydrogen) atoms. The summed E-state index contributed by atoms with van der Waals surface area (Å²) in [5.74, 6) is 0. The predicted octanol–water partition coefficient (Wildman–Crippen LogP) is 2.79. The third kappa shape index (κ3) is 2.72. The summed E-state index contributed by atoms with van der Waals surface area (Å²) in [5.41, 5.74) is 2.73. The molecule has 4 nitrogen and oxygen atoms in total. The summed E-state index contributed by atoms with van der Waals surface area (Å²) in [6.07, 6.45) is 10.7. The molecule has 2 heterocycles. The van der Waals surface area contributed by atoms with Crippen LogP contribution in [0, 0.1) is 0 Å². The fourth-order valence-electron chi connectivity index (χ4n) is 2.83. The smallest absolute Gasteiger partial charge is 0.0946 e. The van der Waals surface area contributed by atoms with Gasteiger partial charge >= 0.3 is 0 Å². The summed E-state index contributed by atoms with van der Waals surface area (Å²) >= 11 is 0. The number of para-hydroxylation sites is 1. The summed E-state index contributed by atoms with van der Waals surface area (Å²) in [7, 11) is 0. The van der Waals surface area contributed by atoms with Crippen molar-refractivity contribution < 1.29 is 0 Å². The zero-order valence-electron chi connectivity index (χ0n) is 12.1. The van der Waals surface area contributed by atoms with Gasteiger partial charge < -0.3 is 14.5 Å². The van der Waals surface area contributed by atoms with E-state index in [2.05, 4.69) is 49.9 Å². The first-order valence-electron chi connectivity index (χ1n) is 7.66. The van der Waals surface area contributed by atoms with Crippen molar-refractivity contribution in [3.05, 3.63) is 54.7 Å². The Labute approximate surface area is 124 Å². The van der Waals surface area contributed by atoms with Crippen molar-refractivity contribution in [3.8, 4) is 0 Å². The van der Waals surface area contributed by atoms with E-state index < -0.39 is 0 Å². The van der Waals surface area contributed by atoms with E-state index in [1.165, 1.54) is 29.3 Å². The molecule has 1 N–H and O–H groups in total. The molecule has 0 radical (unpaired) electrons. The Balaban J connectivity index is 1.58. The molecule has 3 aromatic rings. The number of aryl methyl sites for hydroxylation is 2. The van der Waals surface area contributed by atoms with Crippen LogP contribution < -0.4 is 5.32 Å². The van der Waals surface area contributed by atoms with Crippen molar-refractivity contribution in [2.24, 2.45) is 0 Å². The fourth-order valence-corrected chi connectivity index (χ4v) is 2.83. The van der Waals surface area contributed by atoms with Crippen molar-refractivity contribution in [2.75, 3.05) is 0 Å². The molecule has 0 unspecified atom stereocenters. The van der Waals surface area contributed by atoms with Crippen LogP contribution in [0.15, 0.2) is 49.2 Å². The number of benzene rings is 1. The molecule has 0 aliphatic heterocycles. The van der Waals surface area contributed by atoms with Crippen LogP contribution in [0.2, 0.25) is 0 Å². The highest BCUT2D eigenvalue weighted by atomic mass is 15.1. The van der Waals surface area contributed by atoms with E-state index in [9.17, 15) is 0 Å². The Morgan fingerprint density at radius 2 is 2.10 bits per heavy atom. The second-order valence-electron chi connectivity index (χ2n) is 5.82. The number of hydrogen-bond donors (Lipinski definition) is 1. The first-order chi connectivity index (χ1) is 10.4. The minimum Gasteiger partial charge on any atom is -0.345 e. The van der Waals surface area contributed by atoms with Gasteiger partial charge in [-0.2, -0.15) is 0 Å². The Bertz CT molecular complexity index is 722. The highest BCUT2D eigenvalue weighted by Crippen LogP contribution is 2.24. The second kappa shape index (κ2) is 5.37. The number of nitrogens with one attached hydrogen (secondary N) is 1. The van der Waals surface area contributed by atoms with Gasteiger partial charge in [-0.1, -0.05) is 18.2 Å². The maximum absolute atomic E-state index is 4.10. The van der Waals surface area contributed by atoms with Gasteiger partial charge in [-0.25, -0.2) is 4.98 Å². The lowest BCUT2D eigenvalue weighted by Gasteiger charge is -2.05. The quantitative estimate of drug-likeness (QED) is 0.753. The average Bonchev–Trinajstić information content (AvgIpc) is 3.08. The lowest BCUT2D eigenvalue weighted by atomic mass is 10.2. The van der Waals surface area contributed by atoms with E-state index in [1.54, 1.807) is 0 Å². The van der Waals surface area contributed by atoms with E-state index in [1.807, 2.05) is 18.7 Å². The van der Waals surface area contributed by atoms with Gasteiger partial charge in [-0.3, -0.25) is 0 Å². The minimum atomic E-state index is 0.748. The highest BCUT2D eigenvalue weighted by Gasteiger charge is 2.20. The molecule has 0 saturated heterocycles. The largest absolute Gasteiger partial charge is 0.345 e. The fraction of sp³-hybridized carbons (Fsp3) is 0.353. The molecule has 1 aliphatic rings.